The van der Waals surface area contributed by atoms with Gasteiger partial charge in [0.05, 0.1) is 0 Å². The summed E-state index contributed by atoms with van der Waals surface area (Å²) in [5.74, 6) is 0. The van der Waals surface area contributed by atoms with Crippen LogP contribution in [0.5, 0.6) is 0 Å². The van der Waals surface area contributed by atoms with Crippen molar-refractivity contribution >= 4 is 5.71 Å². The highest BCUT2D eigenvalue weighted by molar-refractivity contribution is 6.00. The van der Waals surface area contributed by atoms with Gasteiger partial charge in [0.1, 0.15) is 5.71 Å². The highest BCUT2D eigenvalue weighted by atomic mass is 19.4. The van der Waals surface area contributed by atoms with Crippen LogP contribution in [0, 0.1) is 0 Å². The number of rotatable bonds is 2. The predicted octanol–water partition coefficient (Wildman–Crippen LogP) is 2.75. The lowest BCUT2D eigenvalue weighted by Crippen LogP contribution is -2.20. The SMILES string of the molecule is C=C/C(C)=C/C(=N\C)C(F)(F)F. The van der Waals surface area contributed by atoms with Gasteiger partial charge in [-0.1, -0.05) is 12.7 Å². The van der Waals surface area contributed by atoms with Crippen LogP contribution in [-0.4, -0.2) is 18.9 Å². The third-order valence-electron chi connectivity index (χ3n) is 1.22. The molecule has 0 bridgehead atoms. The summed E-state index contributed by atoms with van der Waals surface area (Å²) in [6.45, 7) is 4.87. The number of hydrogen-bond donors (Lipinski definition) is 0. The zero-order valence-corrected chi connectivity index (χ0v) is 6.94. The van der Waals surface area contributed by atoms with Gasteiger partial charge in [0, 0.05) is 7.05 Å². The second-order valence-electron chi connectivity index (χ2n) is 2.20. The first-order valence-corrected chi connectivity index (χ1v) is 3.26. The second kappa shape index (κ2) is 4.09. The summed E-state index contributed by atoms with van der Waals surface area (Å²) in [5.41, 5.74) is -0.451. The van der Waals surface area contributed by atoms with E-state index in [0.717, 1.165) is 13.1 Å². The molecule has 1 nitrogen and oxygen atoms in total. The molecule has 0 aromatic heterocycles. The van der Waals surface area contributed by atoms with Gasteiger partial charge in [-0.05, 0) is 18.6 Å². The molecule has 0 atom stereocenters. The van der Waals surface area contributed by atoms with Crippen LogP contribution >= 0.6 is 0 Å². The lowest BCUT2D eigenvalue weighted by atomic mass is 10.2. The van der Waals surface area contributed by atoms with Gasteiger partial charge in [-0.25, -0.2) is 0 Å². The molecule has 0 aliphatic carbocycles. The number of aliphatic imine (C=N–C) groups is 1. The molecular weight excluding hydrogens is 167 g/mol. The van der Waals surface area contributed by atoms with Gasteiger partial charge < -0.3 is 0 Å². The molecule has 68 valence electrons. The molecule has 0 unspecified atom stereocenters. The first-order valence-electron chi connectivity index (χ1n) is 3.26. The first kappa shape index (κ1) is 10.9. The van der Waals surface area contributed by atoms with Crippen molar-refractivity contribution in [1.29, 1.82) is 0 Å². The fraction of sp³-hybridized carbons (Fsp3) is 0.375. The van der Waals surface area contributed by atoms with Crippen molar-refractivity contribution < 1.29 is 13.2 Å². The fourth-order valence-electron chi connectivity index (χ4n) is 0.548. The van der Waals surface area contributed by atoms with E-state index in [1.54, 1.807) is 0 Å². The Hall–Kier alpha value is -1.06. The first-order chi connectivity index (χ1) is 5.41. The van der Waals surface area contributed by atoms with Crippen LogP contribution in [0.4, 0.5) is 13.2 Å². The van der Waals surface area contributed by atoms with E-state index in [2.05, 4.69) is 11.6 Å². The van der Waals surface area contributed by atoms with E-state index in [1.165, 1.54) is 13.0 Å². The zero-order chi connectivity index (χ0) is 9.78. The van der Waals surface area contributed by atoms with Crippen LogP contribution in [0.2, 0.25) is 0 Å². The van der Waals surface area contributed by atoms with Crippen LogP contribution in [0.3, 0.4) is 0 Å². The minimum absolute atomic E-state index is 0.438. The van der Waals surface area contributed by atoms with Crippen molar-refractivity contribution in [2.45, 2.75) is 13.1 Å². The van der Waals surface area contributed by atoms with Crippen molar-refractivity contribution in [3.8, 4) is 0 Å². The lowest BCUT2D eigenvalue weighted by Gasteiger charge is -2.05. The maximum Gasteiger partial charge on any atom is 0.432 e. The van der Waals surface area contributed by atoms with Crippen LogP contribution in [0.25, 0.3) is 0 Å². The van der Waals surface area contributed by atoms with Crippen molar-refractivity contribution in [1.82, 2.24) is 0 Å². The third-order valence-corrected chi connectivity index (χ3v) is 1.22. The molecule has 4 heteroatoms. The molecule has 0 heterocycles. The normalized spacial score (nSPS) is 14.8. The van der Waals surface area contributed by atoms with Crippen molar-refractivity contribution in [3.05, 3.63) is 24.3 Å². The highest BCUT2D eigenvalue weighted by Gasteiger charge is 2.33. The van der Waals surface area contributed by atoms with E-state index in [1.807, 2.05) is 0 Å². The van der Waals surface area contributed by atoms with Gasteiger partial charge in [-0.3, -0.25) is 4.99 Å². The van der Waals surface area contributed by atoms with Crippen LogP contribution in [0.15, 0.2) is 29.3 Å². The molecule has 0 aromatic carbocycles. The molecule has 0 aliphatic rings. The standard InChI is InChI=1S/C8H10F3N/c1-4-6(2)5-7(12-3)8(9,10)11/h4-5H,1H2,2-3H3/b6-5+,12-7+. The summed E-state index contributed by atoms with van der Waals surface area (Å²) in [6, 6.07) is 0. The van der Waals surface area contributed by atoms with Crippen molar-refractivity contribution in [2.24, 2.45) is 4.99 Å². The molecule has 0 amide bonds. The molecule has 0 aromatic rings. The monoisotopic (exact) mass is 177 g/mol. The number of allylic oxidation sites excluding steroid dienone is 3. The minimum Gasteiger partial charge on any atom is -0.284 e. The van der Waals surface area contributed by atoms with Crippen molar-refractivity contribution in [3.63, 3.8) is 0 Å². The molecule has 0 spiro atoms. The summed E-state index contributed by atoms with van der Waals surface area (Å²) in [6.07, 6.45) is -2.08. The molecule has 0 N–H and O–H groups in total. The van der Waals surface area contributed by atoms with Crippen LogP contribution in [0.1, 0.15) is 6.92 Å². The highest BCUT2D eigenvalue weighted by Crippen LogP contribution is 2.18. The van der Waals surface area contributed by atoms with E-state index in [9.17, 15) is 13.2 Å². The van der Waals surface area contributed by atoms with Gasteiger partial charge in [-0.2, -0.15) is 13.2 Å². The summed E-state index contributed by atoms with van der Waals surface area (Å²) >= 11 is 0. The van der Waals surface area contributed by atoms with Gasteiger partial charge in [-0.15, -0.1) is 0 Å². The average Bonchev–Trinajstić information content (AvgIpc) is 1.97. The van der Waals surface area contributed by atoms with E-state index in [-0.39, 0.29) is 0 Å². The van der Waals surface area contributed by atoms with Crippen LogP contribution < -0.4 is 0 Å². The minimum atomic E-state index is -4.38. The molecular formula is C8H10F3N. The van der Waals surface area contributed by atoms with Gasteiger partial charge in [0.25, 0.3) is 0 Å². The number of nitrogens with zero attached hydrogens (tertiary/aromatic N) is 1. The number of alkyl halides is 3. The summed E-state index contributed by atoms with van der Waals surface area (Å²) in [7, 11) is 1.11. The smallest absolute Gasteiger partial charge is 0.284 e. The molecule has 0 rings (SSSR count). The number of hydrogen-bond acceptors (Lipinski definition) is 1. The molecule has 0 saturated carbocycles. The molecule has 12 heavy (non-hydrogen) atoms. The maximum absolute atomic E-state index is 12.0. The molecule has 0 radical (unpaired) electrons. The van der Waals surface area contributed by atoms with E-state index in [0.29, 0.717) is 5.57 Å². The number of halogens is 3. The van der Waals surface area contributed by atoms with Crippen molar-refractivity contribution in [2.75, 3.05) is 7.05 Å². The summed E-state index contributed by atoms with van der Waals surface area (Å²) in [5, 5.41) is 0. The quantitative estimate of drug-likeness (QED) is 0.454. The van der Waals surface area contributed by atoms with Crippen LogP contribution in [-0.2, 0) is 0 Å². The second-order valence-corrected chi connectivity index (χ2v) is 2.20. The Morgan fingerprint density at radius 1 is 1.42 bits per heavy atom. The van der Waals surface area contributed by atoms with E-state index < -0.39 is 11.9 Å². The average molecular weight is 177 g/mol. The summed E-state index contributed by atoms with van der Waals surface area (Å²) < 4.78 is 36.0. The van der Waals surface area contributed by atoms with E-state index in [4.69, 9.17) is 0 Å². The Bertz CT molecular complexity index is 223. The predicted molar refractivity (Wildman–Crippen MR) is 43.4 cm³/mol. The zero-order valence-electron chi connectivity index (χ0n) is 6.94. The summed E-state index contributed by atoms with van der Waals surface area (Å²) in [4.78, 5) is 3.11. The topological polar surface area (TPSA) is 12.4 Å². The lowest BCUT2D eigenvalue weighted by molar-refractivity contribution is -0.0577. The Morgan fingerprint density at radius 2 is 1.92 bits per heavy atom. The van der Waals surface area contributed by atoms with Gasteiger partial charge >= 0.3 is 6.18 Å². The Kier molecular flexibility index (Phi) is 3.73. The van der Waals surface area contributed by atoms with E-state index >= 15 is 0 Å². The molecule has 0 fully saturated rings. The van der Waals surface area contributed by atoms with Gasteiger partial charge in [0.15, 0.2) is 0 Å². The largest absolute Gasteiger partial charge is 0.432 e. The maximum atomic E-state index is 12.0. The van der Waals surface area contributed by atoms with Gasteiger partial charge in [0.2, 0.25) is 0 Å². The Balaban J connectivity index is 4.74. The third kappa shape index (κ3) is 3.37. The molecule has 0 aliphatic heterocycles. The fourth-order valence-corrected chi connectivity index (χ4v) is 0.548. The Labute approximate surface area is 69.3 Å². The Morgan fingerprint density at radius 3 is 2.17 bits per heavy atom. The molecule has 0 saturated heterocycles.